The maximum Gasteiger partial charge on any atom is 0.327 e. The Morgan fingerprint density at radius 2 is 2.18 bits per heavy atom. The van der Waals surface area contributed by atoms with Crippen molar-refractivity contribution in [2.45, 2.75) is 0 Å². The summed E-state index contributed by atoms with van der Waals surface area (Å²) in [6.07, 6.45) is 2.12. The number of rotatable bonds is 3. The SMILES string of the molecule is C=CC(=O)O.O=C=NCCO. The number of aliphatic hydroxyl groups is 1. The van der Waals surface area contributed by atoms with Crippen LogP contribution in [0.1, 0.15) is 0 Å². The van der Waals surface area contributed by atoms with Crippen molar-refractivity contribution in [1.29, 1.82) is 0 Å². The number of carbonyl (C=O) groups is 1. The summed E-state index contributed by atoms with van der Waals surface area (Å²) in [5.74, 6) is -0.981. The van der Waals surface area contributed by atoms with Crippen LogP contribution in [0.3, 0.4) is 0 Å². The van der Waals surface area contributed by atoms with Crippen LogP contribution in [0.25, 0.3) is 0 Å². The third kappa shape index (κ3) is 29.1. The number of carbonyl (C=O) groups excluding carboxylic acids is 1. The molecule has 0 spiro atoms. The van der Waals surface area contributed by atoms with Crippen LogP contribution < -0.4 is 0 Å². The Morgan fingerprint density at radius 3 is 2.27 bits per heavy atom. The first-order valence-electron chi connectivity index (χ1n) is 2.68. The molecular weight excluding hydrogens is 150 g/mol. The average molecular weight is 159 g/mol. The van der Waals surface area contributed by atoms with Crippen LogP contribution in [0.4, 0.5) is 0 Å². The molecule has 0 saturated heterocycles. The van der Waals surface area contributed by atoms with E-state index in [-0.39, 0.29) is 13.2 Å². The van der Waals surface area contributed by atoms with Crippen molar-refractivity contribution >= 4 is 12.0 Å². The monoisotopic (exact) mass is 159 g/mol. The van der Waals surface area contributed by atoms with Gasteiger partial charge in [-0.2, -0.15) is 0 Å². The number of aliphatic imine (C=N–C) groups is 1. The smallest absolute Gasteiger partial charge is 0.327 e. The quantitative estimate of drug-likeness (QED) is 0.332. The lowest BCUT2D eigenvalue weighted by atomic mass is 10.7. The summed E-state index contributed by atoms with van der Waals surface area (Å²) in [7, 11) is 0. The molecule has 0 atom stereocenters. The molecule has 0 heterocycles. The molecule has 0 aromatic heterocycles. The lowest BCUT2D eigenvalue weighted by Crippen LogP contribution is -1.83. The van der Waals surface area contributed by atoms with Gasteiger partial charge in [-0.25, -0.2) is 14.6 Å². The zero-order valence-corrected chi connectivity index (χ0v) is 5.86. The Labute approximate surface area is 63.7 Å². The molecular formula is C6H9NO4. The molecule has 5 nitrogen and oxygen atoms in total. The van der Waals surface area contributed by atoms with Crippen LogP contribution in [-0.2, 0) is 9.59 Å². The highest BCUT2D eigenvalue weighted by Gasteiger charge is 1.73. The highest BCUT2D eigenvalue weighted by molar-refractivity contribution is 5.78. The summed E-state index contributed by atoms with van der Waals surface area (Å²) in [5.41, 5.74) is 0. The van der Waals surface area contributed by atoms with E-state index in [0.29, 0.717) is 0 Å². The van der Waals surface area contributed by atoms with E-state index >= 15 is 0 Å². The fraction of sp³-hybridized carbons (Fsp3) is 0.333. The largest absolute Gasteiger partial charge is 0.478 e. The highest BCUT2D eigenvalue weighted by atomic mass is 16.4. The minimum Gasteiger partial charge on any atom is -0.478 e. The van der Waals surface area contributed by atoms with Crippen molar-refractivity contribution < 1.29 is 19.8 Å². The molecule has 0 unspecified atom stereocenters. The highest BCUT2D eigenvalue weighted by Crippen LogP contribution is 1.56. The summed E-state index contributed by atoms with van der Waals surface area (Å²) < 4.78 is 0. The van der Waals surface area contributed by atoms with E-state index in [1.54, 1.807) is 0 Å². The van der Waals surface area contributed by atoms with Crippen molar-refractivity contribution in [2.24, 2.45) is 4.99 Å². The summed E-state index contributed by atoms with van der Waals surface area (Å²) in [4.78, 5) is 21.4. The molecule has 62 valence electrons. The number of aliphatic carboxylic acids is 1. The van der Waals surface area contributed by atoms with Crippen LogP contribution >= 0.6 is 0 Å². The number of aliphatic hydroxyl groups excluding tert-OH is 1. The molecule has 0 aliphatic carbocycles. The van der Waals surface area contributed by atoms with Crippen molar-refractivity contribution in [3.05, 3.63) is 12.7 Å². The van der Waals surface area contributed by atoms with E-state index in [9.17, 15) is 4.79 Å². The van der Waals surface area contributed by atoms with Gasteiger partial charge in [0, 0.05) is 6.08 Å². The van der Waals surface area contributed by atoms with Gasteiger partial charge in [0.25, 0.3) is 0 Å². The van der Waals surface area contributed by atoms with Crippen LogP contribution in [0.15, 0.2) is 17.6 Å². The molecule has 0 bridgehead atoms. The molecule has 0 rings (SSSR count). The van der Waals surface area contributed by atoms with E-state index in [0.717, 1.165) is 6.08 Å². The van der Waals surface area contributed by atoms with Gasteiger partial charge in [-0.15, -0.1) is 0 Å². The molecule has 0 aromatic carbocycles. The summed E-state index contributed by atoms with van der Waals surface area (Å²) in [6, 6.07) is 0. The van der Waals surface area contributed by atoms with Crippen molar-refractivity contribution in [2.75, 3.05) is 13.2 Å². The van der Waals surface area contributed by atoms with Gasteiger partial charge in [-0.05, 0) is 0 Å². The Morgan fingerprint density at radius 1 is 1.73 bits per heavy atom. The fourth-order valence-electron chi connectivity index (χ4n) is 0.0956. The first kappa shape index (κ1) is 12.2. The van der Waals surface area contributed by atoms with Crippen LogP contribution in [0, 0.1) is 0 Å². The van der Waals surface area contributed by atoms with E-state index in [2.05, 4.69) is 11.6 Å². The first-order valence-corrected chi connectivity index (χ1v) is 2.68. The number of isocyanates is 1. The second kappa shape index (κ2) is 11.4. The summed E-state index contributed by atoms with van der Waals surface area (Å²) >= 11 is 0. The van der Waals surface area contributed by atoms with Gasteiger partial charge in [-0.1, -0.05) is 6.58 Å². The molecule has 0 fully saturated rings. The number of hydrogen-bond acceptors (Lipinski definition) is 4. The molecule has 0 radical (unpaired) electrons. The van der Waals surface area contributed by atoms with Gasteiger partial charge in [0.15, 0.2) is 0 Å². The minimum atomic E-state index is -0.981. The Hall–Kier alpha value is -1.45. The van der Waals surface area contributed by atoms with Crippen LogP contribution in [-0.4, -0.2) is 35.4 Å². The molecule has 5 heteroatoms. The topological polar surface area (TPSA) is 87.0 Å². The lowest BCUT2D eigenvalue weighted by Gasteiger charge is -1.72. The zero-order chi connectivity index (χ0) is 9.11. The standard InChI is InChI=1S/C3H5NO2.C3H4O2/c5-2-1-4-3-6;1-2-3(4)5/h5H,1-2H2;2H,1H2,(H,4,5). The number of hydrogen-bond donors (Lipinski definition) is 2. The number of carboxylic acids is 1. The summed E-state index contributed by atoms with van der Waals surface area (Å²) in [5, 5.41) is 15.5. The molecule has 0 aromatic rings. The predicted molar refractivity (Wildman–Crippen MR) is 37.9 cm³/mol. The lowest BCUT2D eigenvalue weighted by molar-refractivity contribution is -0.131. The molecule has 0 saturated carbocycles. The first-order chi connectivity index (χ1) is 5.18. The Bertz CT molecular complexity index is 160. The minimum absolute atomic E-state index is 0.0742. The van der Waals surface area contributed by atoms with Crippen LogP contribution in [0.5, 0.6) is 0 Å². The normalized spacial score (nSPS) is 6.64. The fourth-order valence-corrected chi connectivity index (χ4v) is 0.0956. The van der Waals surface area contributed by atoms with E-state index in [1.807, 2.05) is 0 Å². The van der Waals surface area contributed by atoms with Crippen molar-refractivity contribution in [3.63, 3.8) is 0 Å². The molecule has 2 N–H and O–H groups in total. The Balaban J connectivity index is 0. The van der Waals surface area contributed by atoms with Gasteiger partial charge >= 0.3 is 5.97 Å². The number of nitrogens with zero attached hydrogens (tertiary/aromatic N) is 1. The molecule has 0 aliphatic heterocycles. The van der Waals surface area contributed by atoms with E-state index in [1.165, 1.54) is 6.08 Å². The maximum absolute atomic E-state index is 9.25. The van der Waals surface area contributed by atoms with Gasteiger partial charge in [0.1, 0.15) is 0 Å². The van der Waals surface area contributed by atoms with Gasteiger partial charge in [0.05, 0.1) is 13.2 Å². The van der Waals surface area contributed by atoms with Crippen LogP contribution in [0.2, 0.25) is 0 Å². The van der Waals surface area contributed by atoms with E-state index < -0.39 is 5.97 Å². The number of carboxylic acid groups (broad SMARTS) is 1. The van der Waals surface area contributed by atoms with Gasteiger partial charge in [0.2, 0.25) is 6.08 Å². The molecule has 11 heavy (non-hydrogen) atoms. The van der Waals surface area contributed by atoms with Gasteiger partial charge in [-0.3, -0.25) is 0 Å². The summed E-state index contributed by atoms with van der Waals surface area (Å²) in [6.45, 7) is 3.06. The Kier molecular flexibility index (Phi) is 12.6. The van der Waals surface area contributed by atoms with E-state index in [4.69, 9.17) is 15.0 Å². The molecule has 0 aliphatic rings. The second-order valence-electron chi connectivity index (χ2n) is 1.24. The second-order valence-corrected chi connectivity index (χ2v) is 1.24. The van der Waals surface area contributed by atoms with Gasteiger partial charge < -0.3 is 10.2 Å². The van der Waals surface area contributed by atoms with Crippen molar-refractivity contribution in [1.82, 2.24) is 0 Å². The zero-order valence-electron chi connectivity index (χ0n) is 5.86. The molecule has 0 amide bonds. The van der Waals surface area contributed by atoms with Crippen molar-refractivity contribution in [3.8, 4) is 0 Å². The predicted octanol–water partition coefficient (Wildman–Crippen LogP) is -0.428. The third-order valence-electron chi connectivity index (χ3n) is 0.451. The average Bonchev–Trinajstić information content (AvgIpc) is 2.02. The maximum atomic E-state index is 9.25. The third-order valence-corrected chi connectivity index (χ3v) is 0.451.